The zero-order chi connectivity index (χ0) is 20.8. The minimum atomic E-state index is -3.76. The van der Waals surface area contributed by atoms with E-state index in [1.807, 2.05) is 32.9 Å². The predicted octanol–water partition coefficient (Wildman–Crippen LogP) is 3.83. The molecule has 0 saturated carbocycles. The van der Waals surface area contributed by atoms with Crippen LogP contribution in [0.4, 0.5) is 11.4 Å². The second-order valence-electron chi connectivity index (χ2n) is 7.17. The monoisotopic (exact) mass is 420 g/mol. The van der Waals surface area contributed by atoms with E-state index in [0.29, 0.717) is 5.69 Å². The zero-order valence-electron chi connectivity index (χ0n) is 16.0. The number of nitrogens with zero attached hydrogens (tertiary/aromatic N) is 1. The highest BCUT2D eigenvalue weighted by Gasteiger charge is 2.42. The van der Waals surface area contributed by atoms with Gasteiger partial charge in [0.15, 0.2) is 0 Å². The maximum Gasteiger partial charge on any atom is 0.257 e. The number of aryl methyl sites for hydroxylation is 3. The molecule has 0 aliphatic carbocycles. The van der Waals surface area contributed by atoms with Crippen LogP contribution in [0.5, 0.6) is 0 Å². The Morgan fingerprint density at radius 3 is 2.29 bits per heavy atom. The summed E-state index contributed by atoms with van der Waals surface area (Å²) in [5.74, 6) is -1.87. The number of anilines is 2. The van der Waals surface area contributed by atoms with Crippen LogP contribution in [0.25, 0.3) is 0 Å². The number of benzene rings is 2. The van der Waals surface area contributed by atoms with E-state index in [2.05, 4.69) is 5.32 Å². The van der Waals surface area contributed by atoms with E-state index in [9.17, 15) is 18.0 Å². The van der Waals surface area contributed by atoms with Gasteiger partial charge in [-0.2, -0.15) is 0 Å². The van der Waals surface area contributed by atoms with Gasteiger partial charge in [0.1, 0.15) is 0 Å². The van der Waals surface area contributed by atoms with Gasteiger partial charge in [-0.3, -0.25) is 9.59 Å². The molecule has 2 aromatic rings. The summed E-state index contributed by atoms with van der Waals surface area (Å²) in [5.41, 5.74) is 3.78. The molecular formula is C20H21ClN2O4S. The van der Waals surface area contributed by atoms with Crippen molar-refractivity contribution in [3.63, 3.8) is 0 Å². The molecule has 1 aliphatic rings. The summed E-state index contributed by atoms with van der Waals surface area (Å²) in [5, 5.41) is 3.01. The summed E-state index contributed by atoms with van der Waals surface area (Å²) >= 11 is 6.19. The summed E-state index contributed by atoms with van der Waals surface area (Å²) in [6.45, 7) is 7.32. The summed E-state index contributed by atoms with van der Waals surface area (Å²) in [7, 11) is -3.76. The molecule has 1 unspecified atom stereocenters. The summed E-state index contributed by atoms with van der Waals surface area (Å²) in [6, 6.07) is 8.10. The average molecular weight is 421 g/mol. The van der Waals surface area contributed by atoms with Gasteiger partial charge in [0, 0.05) is 5.69 Å². The molecular weight excluding hydrogens is 400 g/mol. The third kappa shape index (κ3) is 3.64. The third-order valence-corrected chi connectivity index (χ3v) is 6.90. The first-order valence-electron chi connectivity index (χ1n) is 8.77. The molecule has 3 rings (SSSR count). The van der Waals surface area contributed by atoms with Gasteiger partial charge >= 0.3 is 0 Å². The fourth-order valence-corrected chi connectivity index (χ4v) is 5.47. The first-order chi connectivity index (χ1) is 13.0. The molecule has 2 aromatic carbocycles. The molecule has 8 heteroatoms. The fourth-order valence-electron chi connectivity index (χ4n) is 3.46. The highest BCUT2D eigenvalue weighted by atomic mass is 35.5. The molecule has 1 atom stereocenters. The molecule has 0 aromatic heterocycles. The molecule has 1 N–H and O–H groups in total. The van der Waals surface area contributed by atoms with E-state index in [4.69, 9.17) is 11.6 Å². The van der Waals surface area contributed by atoms with Crippen LogP contribution in [0.1, 0.15) is 34.0 Å². The number of carbonyl (C=O) groups excluding carboxylic acids is 2. The van der Waals surface area contributed by atoms with E-state index >= 15 is 0 Å². The van der Waals surface area contributed by atoms with Crippen molar-refractivity contribution < 1.29 is 18.0 Å². The normalized spacial score (nSPS) is 18.4. The lowest BCUT2D eigenvalue weighted by Gasteiger charge is -2.18. The molecule has 0 bridgehead atoms. The van der Waals surface area contributed by atoms with Crippen LogP contribution in [0, 0.1) is 26.7 Å². The van der Waals surface area contributed by atoms with Gasteiger partial charge in [-0.1, -0.05) is 36.2 Å². The summed E-state index contributed by atoms with van der Waals surface area (Å²) < 4.78 is 25.4. The fraction of sp³-hybridized carbons (Fsp3) is 0.300. The number of rotatable bonds is 3. The van der Waals surface area contributed by atoms with E-state index in [1.54, 1.807) is 6.92 Å². The number of amides is 2. The lowest BCUT2D eigenvalue weighted by Crippen LogP contribution is -2.30. The molecule has 1 aliphatic heterocycles. The van der Waals surface area contributed by atoms with Gasteiger partial charge in [-0.15, -0.1) is 0 Å². The lowest BCUT2D eigenvalue weighted by molar-refractivity contribution is -0.119. The van der Waals surface area contributed by atoms with Crippen molar-refractivity contribution in [2.75, 3.05) is 15.4 Å². The maximum absolute atomic E-state index is 12.9. The lowest BCUT2D eigenvalue weighted by atomic mass is 10.0. The van der Waals surface area contributed by atoms with Crippen LogP contribution < -0.4 is 9.62 Å². The summed E-state index contributed by atoms with van der Waals surface area (Å²) in [6.07, 6.45) is 0. The van der Waals surface area contributed by atoms with Crippen molar-refractivity contribution in [2.24, 2.45) is 5.92 Å². The standard InChI is InChI=1S/C20H21ClN2O4S/c1-11-7-12(2)18(13(3)8-11)22-19(24)16-9-15(5-6-17(16)21)23-20(25)14(4)10-28(23,26)27/h5-9,14H,10H2,1-4H3,(H,22,24). The molecule has 1 heterocycles. The Labute approximate surface area is 169 Å². The van der Waals surface area contributed by atoms with Crippen LogP contribution >= 0.6 is 11.6 Å². The second kappa shape index (κ2) is 7.22. The number of carbonyl (C=O) groups is 2. The number of hydrogen-bond donors (Lipinski definition) is 1. The molecule has 1 saturated heterocycles. The van der Waals surface area contributed by atoms with E-state index in [-0.39, 0.29) is 22.0 Å². The molecule has 148 valence electrons. The van der Waals surface area contributed by atoms with Crippen molar-refractivity contribution in [1.29, 1.82) is 0 Å². The molecule has 6 nitrogen and oxygen atoms in total. The zero-order valence-corrected chi connectivity index (χ0v) is 17.6. The molecule has 0 radical (unpaired) electrons. The predicted molar refractivity (Wildman–Crippen MR) is 110 cm³/mol. The Balaban J connectivity index is 1.99. The first-order valence-corrected chi connectivity index (χ1v) is 10.8. The topological polar surface area (TPSA) is 83.6 Å². The van der Waals surface area contributed by atoms with Crippen molar-refractivity contribution in [1.82, 2.24) is 0 Å². The first kappa shape index (κ1) is 20.4. The van der Waals surface area contributed by atoms with Crippen molar-refractivity contribution in [2.45, 2.75) is 27.7 Å². The smallest absolute Gasteiger partial charge is 0.257 e. The quantitative estimate of drug-likeness (QED) is 0.817. The Bertz CT molecular complexity index is 1070. The molecule has 28 heavy (non-hydrogen) atoms. The summed E-state index contributed by atoms with van der Waals surface area (Å²) in [4.78, 5) is 25.2. The number of sulfonamides is 1. The molecule has 0 spiro atoms. The SMILES string of the molecule is Cc1cc(C)c(NC(=O)c2cc(N3C(=O)C(C)CS3(=O)=O)ccc2Cl)c(C)c1. The van der Waals surface area contributed by atoms with Gasteiger partial charge in [0.25, 0.3) is 5.91 Å². The number of hydrogen-bond acceptors (Lipinski definition) is 4. The van der Waals surface area contributed by atoms with Crippen LogP contribution in [-0.4, -0.2) is 26.0 Å². The Hall–Kier alpha value is -2.38. The van der Waals surface area contributed by atoms with Crippen LogP contribution in [-0.2, 0) is 14.8 Å². The van der Waals surface area contributed by atoms with Crippen molar-refractivity contribution in [3.05, 3.63) is 57.6 Å². The van der Waals surface area contributed by atoms with Crippen LogP contribution in [0.15, 0.2) is 30.3 Å². The van der Waals surface area contributed by atoms with Gasteiger partial charge in [-0.25, -0.2) is 12.7 Å². The van der Waals surface area contributed by atoms with E-state index in [1.165, 1.54) is 18.2 Å². The minimum Gasteiger partial charge on any atom is -0.321 e. The van der Waals surface area contributed by atoms with Gasteiger partial charge in [0.2, 0.25) is 15.9 Å². The Morgan fingerprint density at radius 1 is 1.14 bits per heavy atom. The van der Waals surface area contributed by atoms with Crippen molar-refractivity contribution >= 4 is 44.8 Å². The van der Waals surface area contributed by atoms with Crippen molar-refractivity contribution in [3.8, 4) is 0 Å². The highest BCUT2D eigenvalue weighted by molar-refractivity contribution is 7.94. The third-order valence-electron chi connectivity index (χ3n) is 4.71. The largest absolute Gasteiger partial charge is 0.321 e. The van der Waals surface area contributed by atoms with Gasteiger partial charge in [0.05, 0.1) is 27.9 Å². The number of nitrogens with one attached hydrogen (secondary N) is 1. The van der Waals surface area contributed by atoms with E-state index < -0.39 is 27.8 Å². The number of halogens is 1. The minimum absolute atomic E-state index is 0.0982. The maximum atomic E-state index is 12.9. The Morgan fingerprint density at radius 2 is 1.75 bits per heavy atom. The molecule has 2 amide bonds. The molecule has 1 fully saturated rings. The Kier molecular flexibility index (Phi) is 5.25. The highest BCUT2D eigenvalue weighted by Crippen LogP contribution is 2.32. The van der Waals surface area contributed by atoms with Gasteiger partial charge in [-0.05, 0) is 50.1 Å². The average Bonchev–Trinajstić information content (AvgIpc) is 2.79. The van der Waals surface area contributed by atoms with E-state index in [0.717, 1.165) is 21.0 Å². The van der Waals surface area contributed by atoms with Gasteiger partial charge < -0.3 is 5.32 Å². The van der Waals surface area contributed by atoms with Crippen LogP contribution in [0.2, 0.25) is 5.02 Å². The van der Waals surface area contributed by atoms with Crippen LogP contribution in [0.3, 0.4) is 0 Å². The second-order valence-corrected chi connectivity index (χ2v) is 9.44.